The summed E-state index contributed by atoms with van der Waals surface area (Å²) in [5.74, 6) is 1.36. The summed E-state index contributed by atoms with van der Waals surface area (Å²) in [6.45, 7) is 9.51. The lowest BCUT2D eigenvalue weighted by molar-refractivity contribution is -0.126. The molecule has 21 heavy (non-hydrogen) atoms. The smallest absolute Gasteiger partial charge is 0.126 e. The summed E-state index contributed by atoms with van der Waals surface area (Å²) in [5.41, 5.74) is 2.47. The fraction of sp³-hybridized carbons (Fsp3) is 0.850. The molecule has 0 aromatic heterocycles. The second-order valence-corrected chi connectivity index (χ2v) is 8.95. The zero-order valence-electron chi connectivity index (χ0n) is 14.4. The van der Waals surface area contributed by atoms with Gasteiger partial charge in [-0.25, -0.2) is 0 Å². The minimum absolute atomic E-state index is 0.0791. The standard InChI is InChI=1S/C20H32O/c1-5-18(2)12-9-16-15(13-18)7-8-17-19(3,14-21)10-6-11-20(16,17)4/h9,14-15,17H,5-8,10-13H2,1-4H3/t15?,17?,18-,19-,20-/m0/s1. The number of carbonyl (C=O) groups is 1. The molecule has 2 saturated carbocycles. The second-order valence-electron chi connectivity index (χ2n) is 8.95. The van der Waals surface area contributed by atoms with E-state index in [2.05, 4.69) is 33.8 Å². The highest BCUT2D eigenvalue weighted by Gasteiger charge is 2.54. The van der Waals surface area contributed by atoms with E-state index in [1.165, 1.54) is 51.2 Å². The van der Waals surface area contributed by atoms with Gasteiger partial charge in [-0.05, 0) is 61.2 Å². The minimum Gasteiger partial charge on any atom is -0.303 e. The summed E-state index contributed by atoms with van der Waals surface area (Å²) in [7, 11) is 0. The average Bonchev–Trinajstić information content (AvgIpc) is 2.46. The molecule has 0 bridgehead atoms. The maximum absolute atomic E-state index is 11.8. The van der Waals surface area contributed by atoms with E-state index in [9.17, 15) is 4.79 Å². The molecular formula is C20H32O. The zero-order valence-corrected chi connectivity index (χ0v) is 14.4. The third-order valence-electron chi connectivity index (χ3n) is 7.56. The Bertz CT molecular complexity index is 464. The van der Waals surface area contributed by atoms with E-state index in [4.69, 9.17) is 0 Å². The molecule has 0 amide bonds. The van der Waals surface area contributed by atoms with Crippen molar-refractivity contribution in [3.8, 4) is 0 Å². The van der Waals surface area contributed by atoms with Crippen molar-refractivity contribution in [2.24, 2.45) is 28.1 Å². The molecule has 2 fully saturated rings. The van der Waals surface area contributed by atoms with E-state index in [0.717, 1.165) is 12.3 Å². The lowest BCUT2D eigenvalue weighted by Gasteiger charge is -2.58. The number of hydrogen-bond acceptors (Lipinski definition) is 1. The maximum atomic E-state index is 11.8. The number of rotatable bonds is 2. The van der Waals surface area contributed by atoms with Crippen LogP contribution in [0.1, 0.15) is 79.1 Å². The van der Waals surface area contributed by atoms with Crippen LogP contribution in [0.5, 0.6) is 0 Å². The van der Waals surface area contributed by atoms with Gasteiger partial charge in [0.15, 0.2) is 0 Å². The van der Waals surface area contributed by atoms with E-state index < -0.39 is 0 Å². The van der Waals surface area contributed by atoms with Gasteiger partial charge in [-0.2, -0.15) is 0 Å². The Kier molecular flexibility index (Phi) is 3.62. The first-order chi connectivity index (χ1) is 9.87. The molecule has 3 aliphatic rings. The van der Waals surface area contributed by atoms with Crippen LogP contribution in [0.4, 0.5) is 0 Å². The minimum atomic E-state index is -0.0791. The molecule has 0 spiro atoms. The number of hydrogen-bond donors (Lipinski definition) is 0. The summed E-state index contributed by atoms with van der Waals surface area (Å²) in [6, 6.07) is 0. The Morgan fingerprint density at radius 3 is 2.67 bits per heavy atom. The molecular weight excluding hydrogens is 256 g/mol. The molecule has 0 aromatic rings. The number of aldehydes is 1. The van der Waals surface area contributed by atoms with Gasteiger partial charge in [0, 0.05) is 5.41 Å². The molecule has 5 atom stereocenters. The van der Waals surface area contributed by atoms with Crippen molar-refractivity contribution in [2.75, 3.05) is 0 Å². The fourth-order valence-corrected chi connectivity index (χ4v) is 5.97. The molecule has 3 aliphatic carbocycles. The number of fused-ring (bicyclic) bond motifs is 3. The van der Waals surface area contributed by atoms with Crippen LogP contribution in [0.3, 0.4) is 0 Å². The van der Waals surface area contributed by atoms with Gasteiger partial charge < -0.3 is 4.79 Å². The van der Waals surface area contributed by atoms with Crippen molar-refractivity contribution in [1.82, 2.24) is 0 Å². The van der Waals surface area contributed by atoms with Gasteiger partial charge in [-0.1, -0.05) is 52.2 Å². The third-order valence-corrected chi connectivity index (χ3v) is 7.56. The number of allylic oxidation sites excluding steroid dienone is 2. The number of carbonyl (C=O) groups excluding carboxylic acids is 1. The van der Waals surface area contributed by atoms with Gasteiger partial charge in [0.25, 0.3) is 0 Å². The highest BCUT2D eigenvalue weighted by Crippen LogP contribution is 2.63. The van der Waals surface area contributed by atoms with Crippen molar-refractivity contribution in [3.05, 3.63) is 11.6 Å². The van der Waals surface area contributed by atoms with Gasteiger partial charge >= 0.3 is 0 Å². The molecule has 118 valence electrons. The average molecular weight is 288 g/mol. The topological polar surface area (TPSA) is 17.1 Å². The summed E-state index contributed by atoms with van der Waals surface area (Å²) in [6.07, 6.45) is 14.0. The third kappa shape index (κ3) is 2.23. The van der Waals surface area contributed by atoms with E-state index in [1.807, 2.05) is 0 Å². The predicted molar refractivity (Wildman–Crippen MR) is 88.1 cm³/mol. The molecule has 1 heteroatoms. The van der Waals surface area contributed by atoms with Crippen LogP contribution < -0.4 is 0 Å². The zero-order chi connectivity index (χ0) is 15.3. The molecule has 0 heterocycles. The fourth-order valence-electron chi connectivity index (χ4n) is 5.97. The normalized spacial score (nSPS) is 49.8. The molecule has 1 nitrogen and oxygen atoms in total. The quantitative estimate of drug-likeness (QED) is 0.481. The Morgan fingerprint density at radius 1 is 1.24 bits per heavy atom. The van der Waals surface area contributed by atoms with E-state index >= 15 is 0 Å². The summed E-state index contributed by atoms with van der Waals surface area (Å²) in [4.78, 5) is 11.8. The van der Waals surface area contributed by atoms with Gasteiger partial charge in [0.2, 0.25) is 0 Å². The Balaban J connectivity index is 1.96. The monoisotopic (exact) mass is 288 g/mol. The van der Waals surface area contributed by atoms with Crippen molar-refractivity contribution >= 4 is 6.29 Å². The van der Waals surface area contributed by atoms with Crippen LogP contribution >= 0.6 is 0 Å². The molecule has 2 unspecified atom stereocenters. The molecule has 0 aliphatic heterocycles. The van der Waals surface area contributed by atoms with Crippen molar-refractivity contribution in [3.63, 3.8) is 0 Å². The van der Waals surface area contributed by atoms with Crippen molar-refractivity contribution < 1.29 is 4.79 Å². The van der Waals surface area contributed by atoms with Gasteiger partial charge in [-0.3, -0.25) is 0 Å². The first-order valence-electron chi connectivity index (χ1n) is 9.04. The molecule has 0 aromatic carbocycles. The lowest BCUT2D eigenvalue weighted by atomic mass is 9.46. The first kappa shape index (κ1) is 15.3. The largest absolute Gasteiger partial charge is 0.303 e. The molecule has 0 radical (unpaired) electrons. The summed E-state index contributed by atoms with van der Waals surface area (Å²) in [5, 5.41) is 0. The van der Waals surface area contributed by atoms with Gasteiger partial charge in [0.05, 0.1) is 0 Å². The van der Waals surface area contributed by atoms with Gasteiger partial charge in [-0.15, -0.1) is 0 Å². The van der Waals surface area contributed by atoms with Crippen LogP contribution in [0.25, 0.3) is 0 Å². The summed E-state index contributed by atoms with van der Waals surface area (Å²) >= 11 is 0. The maximum Gasteiger partial charge on any atom is 0.126 e. The van der Waals surface area contributed by atoms with Crippen molar-refractivity contribution in [2.45, 2.75) is 79.1 Å². The lowest BCUT2D eigenvalue weighted by Crippen LogP contribution is -2.50. The van der Waals surface area contributed by atoms with Crippen molar-refractivity contribution in [1.29, 1.82) is 0 Å². The SMILES string of the molecule is CC[C@@]1(C)CC=C2C(CCC3[C@@]2(C)CCC[C@@]3(C)C=O)C1. The Morgan fingerprint density at radius 2 is 2.00 bits per heavy atom. The van der Waals surface area contributed by atoms with Gasteiger partial charge in [0.1, 0.15) is 6.29 Å². The van der Waals surface area contributed by atoms with Crippen LogP contribution in [0.2, 0.25) is 0 Å². The summed E-state index contributed by atoms with van der Waals surface area (Å²) < 4.78 is 0. The Hall–Kier alpha value is -0.590. The van der Waals surface area contributed by atoms with Crippen LogP contribution in [-0.2, 0) is 4.79 Å². The molecule has 0 N–H and O–H groups in total. The van der Waals surface area contributed by atoms with E-state index in [0.29, 0.717) is 16.7 Å². The van der Waals surface area contributed by atoms with E-state index in [1.54, 1.807) is 5.57 Å². The predicted octanol–water partition coefficient (Wildman–Crippen LogP) is 5.54. The highest BCUT2D eigenvalue weighted by atomic mass is 16.1. The second kappa shape index (κ2) is 4.96. The van der Waals surface area contributed by atoms with Crippen LogP contribution in [-0.4, -0.2) is 6.29 Å². The highest BCUT2D eigenvalue weighted by molar-refractivity contribution is 5.60. The van der Waals surface area contributed by atoms with Crippen LogP contribution in [0.15, 0.2) is 11.6 Å². The molecule has 3 rings (SSSR count). The van der Waals surface area contributed by atoms with Crippen LogP contribution in [0, 0.1) is 28.1 Å². The molecule has 0 saturated heterocycles. The Labute approximate surface area is 130 Å². The first-order valence-corrected chi connectivity index (χ1v) is 9.04. The van der Waals surface area contributed by atoms with E-state index in [-0.39, 0.29) is 5.41 Å².